The first kappa shape index (κ1) is 17.8. The van der Waals surface area contributed by atoms with E-state index in [4.69, 9.17) is 9.97 Å². The zero-order chi connectivity index (χ0) is 20.0. The van der Waals surface area contributed by atoms with Crippen LogP contribution in [0.25, 0.3) is 22.3 Å². The van der Waals surface area contributed by atoms with E-state index < -0.39 is 0 Å². The van der Waals surface area contributed by atoms with E-state index in [1.54, 1.807) is 12.4 Å². The summed E-state index contributed by atoms with van der Waals surface area (Å²) in [7, 11) is 2.02. The van der Waals surface area contributed by atoms with Crippen LogP contribution in [0, 0.1) is 13.8 Å². The number of hydrogen-bond donors (Lipinski definition) is 0. The van der Waals surface area contributed by atoms with Crippen molar-refractivity contribution in [3.8, 4) is 11.4 Å². The smallest absolute Gasteiger partial charge is 0.162 e. The fourth-order valence-electron chi connectivity index (χ4n) is 4.50. The molecular weight excluding hydrogens is 360 g/mol. The Hall–Kier alpha value is -3.28. The molecule has 5 rings (SSSR count). The number of hydrogen-bond acceptors (Lipinski definition) is 5. The second-order valence-corrected chi connectivity index (χ2v) is 7.68. The fraction of sp³-hybridized carbons (Fsp3) is 0.304. The summed E-state index contributed by atoms with van der Waals surface area (Å²) in [5.41, 5.74) is 5.62. The quantitative estimate of drug-likeness (QED) is 0.524. The molecule has 4 heterocycles. The van der Waals surface area contributed by atoms with E-state index in [-0.39, 0.29) is 6.04 Å². The van der Waals surface area contributed by atoms with Crippen molar-refractivity contribution in [1.29, 1.82) is 0 Å². The lowest BCUT2D eigenvalue weighted by Crippen LogP contribution is -2.25. The molecule has 0 amide bonds. The minimum atomic E-state index is 0.285. The van der Waals surface area contributed by atoms with Crippen LogP contribution in [0.3, 0.4) is 0 Å². The number of nitrogens with zero attached hydrogens (tertiary/aromatic N) is 6. The molecule has 0 saturated carbocycles. The molecule has 1 aromatic carbocycles. The van der Waals surface area contributed by atoms with Crippen LogP contribution in [-0.2, 0) is 7.05 Å². The minimum absolute atomic E-state index is 0.285. The van der Waals surface area contributed by atoms with E-state index in [1.165, 1.54) is 11.3 Å². The van der Waals surface area contributed by atoms with Crippen LogP contribution < -0.4 is 4.90 Å². The number of pyridine rings is 1. The summed E-state index contributed by atoms with van der Waals surface area (Å²) < 4.78 is 1.99. The van der Waals surface area contributed by atoms with Gasteiger partial charge in [0.05, 0.1) is 17.3 Å². The van der Waals surface area contributed by atoms with Crippen molar-refractivity contribution < 1.29 is 0 Å². The molecule has 3 aromatic heterocycles. The zero-order valence-electron chi connectivity index (χ0n) is 17.0. The molecule has 1 aliphatic rings. The van der Waals surface area contributed by atoms with Gasteiger partial charge in [-0.15, -0.1) is 0 Å². The van der Waals surface area contributed by atoms with Crippen LogP contribution in [-0.4, -0.2) is 31.3 Å². The van der Waals surface area contributed by atoms with Gasteiger partial charge in [-0.2, -0.15) is 5.10 Å². The molecule has 0 spiro atoms. The first-order valence-corrected chi connectivity index (χ1v) is 10.1. The number of para-hydroxylation sites is 1. The second-order valence-electron chi connectivity index (χ2n) is 7.68. The molecular formula is C23H24N6. The molecule has 0 N–H and O–H groups in total. The molecule has 0 radical (unpaired) electrons. The lowest BCUT2D eigenvalue weighted by Gasteiger charge is -2.28. The van der Waals surface area contributed by atoms with Crippen LogP contribution in [0.4, 0.5) is 5.82 Å². The second kappa shape index (κ2) is 6.95. The van der Waals surface area contributed by atoms with Crippen LogP contribution in [0.1, 0.15) is 35.8 Å². The number of aromatic nitrogens is 5. The average molecular weight is 384 g/mol. The largest absolute Gasteiger partial charge is 0.349 e. The van der Waals surface area contributed by atoms with E-state index in [9.17, 15) is 0 Å². The van der Waals surface area contributed by atoms with Gasteiger partial charge in [0.1, 0.15) is 5.82 Å². The summed E-state index contributed by atoms with van der Waals surface area (Å²) >= 11 is 0. The Bertz CT molecular complexity index is 1180. The number of anilines is 1. The Morgan fingerprint density at radius 3 is 2.55 bits per heavy atom. The maximum Gasteiger partial charge on any atom is 0.162 e. The maximum absolute atomic E-state index is 5.05. The van der Waals surface area contributed by atoms with E-state index in [0.717, 1.165) is 53.2 Å². The lowest BCUT2D eigenvalue weighted by molar-refractivity contribution is 0.695. The van der Waals surface area contributed by atoms with E-state index >= 15 is 0 Å². The van der Waals surface area contributed by atoms with Gasteiger partial charge in [0, 0.05) is 48.2 Å². The highest BCUT2D eigenvalue weighted by atomic mass is 15.3. The highest BCUT2D eigenvalue weighted by molar-refractivity contribution is 5.91. The van der Waals surface area contributed by atoms with Crippen LogP contribution in [0.5, 0.6) is 0 Å². The molecule has 1 atom stereocenters. The summed E-state index contributed by atoms with van der Waals surface area (Å²) in [6.45, 7) is 5.25. The van der Waals surface area contributed by atoms with E-state index in [0.29, 0.717) is 0 Å². The molecule has 1 fully saturated rings. The van der Waals surface area contributed by atoms with Crippen molar-refractivity contribution in [3.63, 3.8) is 0 Å². The third-order valence-corrected chi connectivity index (χ3v) is 5.94. The standard InChI is InChI=1S/C23H24N6/c1-15-21(16(2)28(3)27-15)20-9-6-14-29(20)23-18-7-4-5-8-19(18)25-22(26-23)17-10-12-24-13-11-17/h4-5,7-8,10-13,20H,6,9,14H2,1-3H3. The Morgan fingerprint density at radius 1 is 1.00 bits per heavy atom. The zero-order valence-corrected chi connectivity index (χ0v) is 17.0. The summed E-state index contributed by atoms with van der Waals surface area (Å²) in [4.78, 5) is 16.5. The van der Waals surface area contributed by atoms with Crippen LogP contribution >= 0.6 is 0 Å². The molecule has 4 aromatic rings. The van der Waals surface area contributed by atoms with Crippen LogP contribution in [0.2, 0.25) is 0 Å². The lowest BCUT2D eigenvalue weighted by atomic mass is 10.0. The summed E-state index contributed by atoms with van der Waals surface area (Å²) in [5, 5.41) is 5.75. The highest BCUT2D eigenvalue weighted by Crippen LogP contribution is 2.40. The van der Waals surface area contributed by atoms with Gasteiger partial charge in [-0.3, -0.25) is 9.67 Å². The average Bonchev–Trinajstić information content (AvgIpc) is 3.31. The highest BCUT2D eigenvalue weighted by Gasteiger charge is 2.32. The molecule has 0 aliphatic carbocycles. The predicted octanol–water partition coefficient (Wildman–Crippen LogP) is 4.38. The van der Waals surface area contributed by atoms with Gasteiger partial charge < -0.3 is 4.90 Å². The van der Waals surface area contributed by atoms with Gasteiger partial charge in [-0.1, -0.05) is 12.1 Å². The van der Waals surface area contributed by atoms with E-state index in [1.807, 2.05) is 29.9 Å². The molecule has 6 heteroatoms. The third kappa shape index (κ3) is 2.95. The van der Waals surface area contributed by atoms with Gasteiger partial charge in [0.25, 0.3) is 0 Å². The van der Waals surface area contributed by atoms with E-state index in [2.05, 4.69) is 47.0 Å². The Labute approximate surface area is 170 Å². The van der Waals surface area contributed by atoms with Crippen molar-refractivity contribution in [3.05, 3.63) is 65.7 Å². The number of benzene rings is 1. The summed E-state index contributed by atoms with van der Waals surface area (Å²) in [6, 6.07) is 12.5. The molecule has 1 saturated heterocycles. The van der Waals surface area contributed by atoms with Crippen molar-refractivity contribution in [2.24, 2.45) is 7.05 Å². The first-order chi connectivity index (χ1) is 14.1. The fourth-order valence-corrected chi connectivity index (χ4v) is 4.50. The first-order valence-electron chi connectivity index (χ1n) is 10.1. The van der Waals surface area contributed by atoms with Crippen LogP contribution in [0.15, 0.2) is 48.8 Å². The number of fused-ring (bicyclic) bond motifs is 1. The normalized spacial score (nSPS) is 16.7. The minimum Gasteiger partial charge on any atom is -0.349 e. The Kier molecular flexibility index (Phi) is 4.27. The molecule has 6 nitrogen and oxygen atoms in total. The Morgan fingerprint density at radius 2 is 1.79 bits per heavy atom. The molecule has 1 unspecified atom stereocenters. The maximum atomic E-state index is 5.05. The van der Waals surface area contributed by atoms with Crippen molar-refractivity contribution in [2.75, 3.05) is 11.4 Å². The SMILES string of the molecule is Cc1nn(C)c(C)c1C1CCCN1c1nc(-c2ccncc2)nc2ccccc12. The number of aryl methyl sites for hydroxylation is 2. The number of rotatable bonds is 3. The van der Waals surface area contributed by atoms with Crippen molar-refractivity contribution in [2.45, 2.75) is 32.7 Å². The van der Waals surface area contributed by atoms with Crippen molar-refractivity contribution >= 4 is 16.7 Å². The molecule has 146 valence electrons. The molecule has 29 heavy (non-hydrogen) atoms. The van der Waals surface area contributed by atoms with Gasteiger partial charge in [0.2, 0.25) is 0 Å². The molecule has 0 bridgehead atoms. The topological polar surface area (TPSA) is 59.7 Å². The van der Waals surface area contributed by atoms with Gasteiger partial charge >= 0.3 is 0 Å². The summed E-state index contributed by atoms with van der Waals surface area (Å²) in [5.74, 6) is 1.75. The van der Waals surface area contributed by atoms with Gasteiger partial charge in [-0.05, 0) is 51.0 Å². The third-order valence-electron chi connectivity index (χ3n) is 5.94. The monoisotopic (exact) mass is 384 g/mol. The van der Waals surface area contributed by atoms with Crippen molar-refractivity contribution in [1.82, 2.24) is 24.7 Å². The Balaban J connectivity index is 1.69. The van der Waals surface area contributed by atoms with Gasteiger partial charge in [0.15, 0.2) is 5.82 Å². The molecule has 1 aliphatic heterocycles. The van der Waals surface area contributed by atoms with Gasteiger partial charge in [-0.25, -0.2) is 9.97 Å². The summed E-state index contributed by atoms with van der Waals surface area (Å²) in [6.07, 6.45) is 5.82. The predicted molar refractivity (Wildman–Crippen MR) is 115 cm³/mol.